The van der Waals surface area contributed by atoms with Crippen LogP contribution >= 0.6 is 0 Å². The first-order chi connectivity index (χ1) is 12.1. The molecule has 2 fully saturated rings. The molecule has 1 N–H and O–H groups in total. The van der Waals surface area contributed by atoms with Crippen molar-refractivity contribution in [2.75, 3.05) is 32.1 Å². The second-order valence-corrected chi connectivity index (χ2v) is 7.26. The number of ether oxygens (including phenoxy) is 2. The Morgan fingerprint density at radius 2 is 2.20 bits per heavy atom. The summed E-state index contributed by atoms with van der Waals surface area (Å²) in [5.41, 5.74) is 1.01. The van der Waals surface area contributed by atoms with Gasteiger partial charge in [-0.25, -0.2) is 0 Å². The predicted octanol–water partition coefficient (Wildman–Crippen LogP) is 3.45. The topological polar surface area (TPSA) is 50.8 Å². The molecule has 0 aliphatic carbocycles. The number of methoxy groups -OCH3 is 1. The van der Waals surface area contributed by atoms with Gasteiger partial charge < -0.3 is 19.7 Å². The molecule has 3 rings (SSSR count). The van der Waals surface area contributed by atoms with E-state index in [1.165, 1.54) is 0 Å². The molecule has 1 aromatic carbocycles. The lowest BCUT2D eigenvalue weighted by Gasteiger charge is -2.38. The predicted molar refractivity (Wildman–Crippen MR) is 99.0 cm³/mol. The first-order valence-electron chi connectivity index (χ1n) is 9.46. The van der Waals surface area contributed by atoms with Crippen molar-refractivity contribution in [3.05, 3.63) is 24.3 Å². The largest absolute Gasteiger partial charge is 0.497 e. The number of carbonyl (C=O) groups is 1. The first kappa shape index (κ1) is 18.1. The van der Waals surface area contributed by atoms with Gasteiger partial charge in [0.15, 0.2) is 0 Å². The van der Waals surface area contributed by atoms with E-state index in [0.29, 0.717) is 18.4 Å². The molecule has 0 saturated carbocycles. The highest BCUT2D eigenvalue weighted by atomic mass is 16.5. The van der Waals surface area contributed by atoms with E-state index in [4.69, 9.17) is 9.47 Å². The fourth-order valence-corrected chi connectivity index (χ4v) is 3.88. The van der Waals surface area contributed by atoms with Gasteiger partial charge in [0.2, 0.25) is 5.91 Å². The molecule has 25 heavy (non-hydrogen) atoms. The third-order valence-electron chi connectivity index (χ3n) is 5.42. The number of unbranched alkanes of at least 4 members (excludes halogenated alkanes) is 1. The molecule has 0 radical (unpaired) electrons. The minimum absolute atomic E-state index is 0.0575. The molecule has 1 atom stereocenters. The first-order valence-corrected chi connectivity index (χ1v) is 9.46. The number of hydrogen-bond acceptors (Lipinski definition) is 4. The lowest BCUT2D eigenvalue weighted by atomic mass is 9.87. The molecular weight excluding hydrogens is 316 g/mol. The molecule has 0 aromatic heterocycles. The summed E-state index contributed by atoms with van der Waals surface area (Å²) in [6, 6.07) is 8.33. The Kier molecular flexibility index (Phi) is 5.84. The van der Waals surface area contributed by atoms with Crippen LogP contribution in [0.1, 0.15) is 45.4 Å². The fraction of sp³-hybridized carbons (Fsp3) is 0.650. The van der Waals surface area contributed by atoms with Crippen molar-refractivity contribution < 1.29 is 14.3 Å². The van der Waals surface area contributed by atoms with Crippen LogP contribution in [0.3, 0.4) is 0 Å². The Morgan fingerprint density at radius 1 is 1.40 bits per heavy atom. The smallest absolute Gasteiger partial charge is 0.222 e. The van der Waals surface area contributed by atoms with Gasteiger partial charge in [0.1, 0.15) is 5.75 Å². The third kappa shape index (κ3) is 4.46. The van der Waals surface area contributed by atoms with Gasteiger partial charge >= 0.3 is 0 Å². The van der Waals surface area contributed by atoms with Gasteiger partial charge in [-0.3, -0.25) is 4.79 Å². The van der Waals surface area contributed by atoms with Crippen molar-refractivity contribution in [1.82, 2.24) is 4.90 Å². The number of amides is 1. The molecule has 1 spiro atoms. The van der Waals surface area contributed by atoms with Gasteiger partial charge in [-0.15, -0.1) is 0 Å². The molecule has 2 heterocycles. The second kappa shape index (κ2) is 8.09. The van der Waals surface area contributed by atoms with Crippen LogP contribution in [0.4, 0.5) is 5.69 Å². The van der Waals surface area contributed by atoms with E-state index in [1.807, 2.05) is 23.1 Å². The van der Waals surface area contributed by atoms with Gasteiger partial charge in [-0.1, -0.05) is 19.4 Å². The molecular formula is C20H30N2O3. The number of nitrogens with zero attached hydrogens (tertiary/aromatic N) is 1. The van der Waals surface area contributed by atoms with E-state index < -0.39 is 0 Å². The summed E-state index contributed by atoms with van der Waals surface area (Å²) in [6.07, 6.45) is 5.64. The Balaban J connectivity index is 1.50. The highest BCUT2D eigenvalue weighted by Gasteiger charge is 2.43. The zero-order valence-electron chi connectivity index (χ0n) is 15.4. The molecule has 2 aliphatic heterocycles. The third-order valence-corrected chi connectivity index (χ3v) is 5.42. The van der Waals surface area contributed by atoms with Crippen molar-refractivity contribution >= 4 is 11.6 Å². The lowest BCUT2D eigenvalue weighted by molar-refractivity contribution is -0.136. The number of benzene rings is 1. The van der Waals surface area contributed by atoms with Crippen molar-refractivity contribution in [1.29, 1.82) is 0 Å². The van der Waals surface area contributed by atoms with Crippen molar-refractivity contribution in [3.8, 4) is 5.75 Å². The standard InChI is InChI=1S/C20H30N2O3/c1-3-4-8-19(23)22-11-9-20(10-12-22)14-17(15-25-20)21-16-6-5-7-18(13-16)24-2/h5-7,13,17,21H,3-4,8-12,14-15H2,1-2H3. The van der Waals surface area contributed by atoms with Gasteiger partial charge in [0.05, 0.1) is 25.4 Å². The summed E-state index contributed by atoms with van der Waals surface area (Å²) in [4.78, 5) is 14.2. The molecule has 5 heteroatoms. The van der Waals surface area contributed by atoms with E-state index in [2.05, 4.69) is 18.3 Å². The van der Waals surface area contributed by atoms with E-state index in [0.717, 1.165) is 63.2 Å². The Morgan fingerprint density at radius 3 is 2.92 bits per heavy atom. The Bertz CT molecular complexity index is 582. The van der Waals surface area contributed by atoms with E-state index in [1.54, 1.807) is 7.11 Å². The lowest BCUT2D eigenvalue weighted by Crippen LogP contribution is -2.46. The minimum Gasteiger partial charge on any atom is -0.497 e. The summed E-state index contributed by atoms with van der Waals surface area (Å²) in [7, 11) is 1.68. The number of carbonyl (C=O) groups excluding carboxylic acids is 1. The molecule has 138 valence electrons. The SMILES string of the molecule is CCCCC(=O)N1CCC2(CC1)CC(Nc1cccc(OC)c1)CO2. The van der Waals surface area contributed by atoms with Crippen LogP contribution in [0, 0.1) is 0 Å². The summed E-state index contributed by atoms with van der Waals surface area (Å²) in [5.74, 6) is 1.17. The molecule has 2 aliphatic rings. The van der Waals surface area contributed by atoms with E-state index in [9.17, 15) is 4.79 Å². The Hall–Kier alpha value is -1.75. The molecule has 1 amide bonds. The van der Waals surface area contributed by atoms with E-state index >= 15 is 0 Å². The molecule has 5 nitrogen and oxygen atoms in total. The average Bonchev–Trinajstić information content (AvgIpc) is 3.02. The summed E-state index contributed by atoms with van der Waals surface area (Å²) < 4.78 is 11.5. The zero-order valence-corrected chi connectivity index (χ0v) is 15.4. The van der Waals surface area contributed by atoms with Gasteiger partial charge in [-0.2, -0.15) is 0 Å². The van der Waals surface area contributed by atoms with Crippen LogP contribution in [0.15, 0.2) is 24.3 Å². The normalized spacial score (nSPS) is 22.2. The van der Waals surface area contributed by atoms with Crippen LogP contribution in [-0.4, -0.2) is 49.3 Å². The monoisotopic (exact) mass is 346 g/mol. The van der Waals surface area contributed by atoms with Crippen LogP contribution in [0.2, 0.25) is 0 Å². The van der Waals surface area contributed by atoms with Crippen molar-refractivity contribution in [3.63, 3.8) is 0 Å². The molecule has 1 unspecified atom stereocenters. The maximum Gasteiger partial charge on any atom is 0.222 e. The van der Waals surface area contributed by atoms with Gasteiger partial charge in [0.25, 0.3) is 0 Å². The van der Waals surface area contributed by atoms with Gasteiger partial charge in [0, 0.05) is 31.3 Å². The van der Waals surface area contributed by atoms with Crippen LogP contribution in [0.5, 0.6) is 5.75 Å². The Labute approximate surface area is 150 Å². The number of hydrogen-bond donors (Lipinski definition) is 1. The quantitative estimate of drug-likeness (QED) is 0.857. The van der Waals surface area contributed by atoms with Crippen LogP contribution < -0.4 is 10.1 Å². The number of nitrogens with one attached hydrogen (secondary N) is 1. The maximum atomic E-state index is 12.2. The minimum atomic E-state index is -0.0575. The number of likely N-dealkylation sites (tertiary alicyclic amines) is 1. The van der Waals surface area contributed by atoms with Crippen molar-refractivity contribution in [2.24, 2.45) is 0 Å². The average molecular weight is 346 g/mol. The number of rotatable bonds is 6. The van der Waals surface area contributed by atoms with Crippen LogP contribution in [0.25, 0.3) is 0 Å². The molecule has 2 saturated heterocycles. The number of anilines is 1. The maximum absolute atomic E-state index is 12.2. The fourth-order valence-electron chi connectivity index (χ4n) is 3.88. The highest BCUT2D eigenvalue weighted by molar-refractivity contribution is 5.76. The second-order valence-electron chi connectivity index (χ2n) is 7.26. The summed E-state index contributed by atoms with van der Waals surface area (Å²) in [6.45, 7) is 4.50. The van der Waals surface area contributed by atoms with E-state index in [-0.39, 0.29) is 5.60 Å². The molecule has 1 aromatic rings. The zero-order chi connectivity index (χ0) is 17.7. The van der Waals surface area contributed by atoms with Gasteiger partial charge in [-0.05, 0) is 37.8 Å². The number of piperidine rings is 1. The summed E-state index contributed by atoms with van der Waals surface area (Å²) in [5, 5.41) is 3.56. The van der Waals surface area contributed by atoms with Crippen molar-refractivity contribution in [2.45, 2.75) is 57.1 Å². The van der Waals surface area contributed by atoms with Crippen LogP contribution in [-0.2, 0) is 9.53 Å². The summed E-state index contributed by atoms with van der Waals surface area (Å²) >= 11 is 0. The highest BCUT2D eigenvalue weighted by Crippen LogP contribution is 2.37. The molecule has 0 bridgehead atoms.